The summed E-state index contributed by atoms with van der Waals surface area (Å²) in [7, 11) is 0. The van der Waals surface area contributed by atoms with Crippen molar-refractivity contribution in [2.24, 2.45) is 0 Å². The molecule has 1 aromatic rings. The second-order valence-electron chi connectivity index (χ2n) is 4.76. The molecule has 1 aliphatic heterocycles. The minimum Gasteiger partial charge on any atom is -0.478 e. The molecule has 2 rings (SSSR count). The smallest absolute Gasteiger partial charge is 0.348 e. The molecule has 0 aliphatic carbocycles. The minimum absolute atomic E-state index is 0.384. The number of benzene rings is 1. The molecule has 0 aromatic heterocycles. The standard InChI is InChI=1S/C14H18O4/c1-10-3-4-12(9-11(10)2)18-14(13(15)16)5-7-17-8-6-14/h3-4,9H,5-8H2,1-2H3,(H,15,16). The molecule has 1 aromatic carbocycles. The number of aliphatic carboxylic acids is 1. The highest BCUT2D eigenvalue weighted by atomic mass is 16.5. The number of aryl methyl sites for hydroxylation is 2. The lowest BCUT2D eigenvalue weighted by molar-refractivity contribution is -0.163. The van der Waals surface area contributed by atoms with Gasteiger partial charge in [-0.2, -0.15) is 0 Å². The topological polar surface area (TPSA) is 55.8 Å². The maximum Gasteiger partial charge on any atom is 0.348 e. The molecule has 98 valence electrons. The maximum absolute atomic E-state index is 11.5. The maximum atomic E-state index is 11.5. The first-order valence-electron chi connectivity index (χ1n) is 6.11. The Morgan fingerprint density at radius 3 is 2.50 bits per heavy atom. The van der Waals surface area contributed by atoms with Crippen LogP contribution in [0.25, 0.3) is 0 Å². The largest absolute Gasteiger partial charge is 0.478 e. The summed E-state index contributed by atoms with van der Waals surface area (Å²) >= 11 is 0. The van der Waals surface area contributed by atoms with Crippen LogP contribution < -0.4 is 4.74 Å². The molecule has 0 spiro atoms. The molecule has 0 unspecified atom stereocenters. The highest BCUT2D eigenvalue weighted by Crippen LogP contribution is 2.29. The van der Waals surface area contributed by atoms with Gasteiger partial charge in [-0.15, -0.1) is 0 Å². The van der Waals surface area contributed by atoms with Gasteiger partial charge in [-0.1, -0.05) is 6.07 Å². The summed E-state index contributed by atoms with van der Waals surface area (Å²) in [5, 5.41) is 9.39. The van der Waals surface area contributed by atoms with Gasteiger partial charge < -0.3 is 14.6 Å². The fraction of sp³-hybridized carbons (Fsp3) is 0.500. The second-order valence-corrected chi connectivity index (χ2v) is 4.76. The van der Waals surface area contributed by atoms with Crippen LogP contribution in [-0.2, 0) is 9.53 Å². The average molecular weight is 250 g/mol. The lowest BCUT2D eigenvalue weighted by Gasteiger charge is -2.33. The van der Waals surface area contributed by atoms with E-state index in [-0.39, 0.29) is 0 Å². The van der Waals surface area contributed by atoms with Crippen molar-refractivity contribution in [2.45, 2.75) is 32.3 Å². The van der Waals surface area contributed by atoms with Crippen molar-refractivity contribution in [2.75, 3.05) is 13.2 Å². The van der Waals surface area contributed by atoms with Crippen LogP contribution in [0.2, 0.25) is 0 Å². The molecule has 4 nitrogen and oxygen atoms in total. The molecule has 0 radical (unpaired) electrons. The van der Waals surface area contributed by atoms with Crippen molar-refractivity contribution in [3.63, 3.8) is 0 Å². The molecule has 1 N–H and O–H groups in total. The summed E-state index contributed by atoms with van der Waals surface area (Å²) in [5.41, 5.74) is 1.12. The summed E-state index contributed by atoms with van der Waals surface area (Å²) in [5.74, 6) is -0.300. The molecule has 0 saturated carbocycles. The Morgan fingerprint density at radius 2 is 1.94 bits per heavy atom. The molecule has 0 amide bonds. The van der Waals surface area contributed by atoms with E-state index in [1.54, 1.807) is 0 Å². The summed E-state index contributed by atoms with van der Waals surface area (Å²) in [4.78, 5) is 11.5. The fourth-order valence-electron chi connectivity index (χ4n) is 2.06. The zero-order valence-electron chi connectivity index (χ0n) is 10.7. The monoisotopic (exact) mass is 250 g/mol. The van der Waals surface area contributed by atoms with Crippen molar-refractivity contribution < 1.29 is 19.4 Å². The van der Waals surface area contributed by atoms with Crippen LogP contribution in [-0.4, -0.2) is 29.9 Å². The lowest BCUT2D eigenvalue weighted by atomic mass is 9.94. The molecule has 1 fully saturated rings. The summed E-state index contributed by atoms with van der Waals surface area (Å²) in [6, 6.07) is 5.65. The van der Waals surface area contributed by atoms with Crippen molar-refractivity contribution >= 4 is 5.97 Å². The van der Waals surface area contributed by atoms with E-state index in [1.165, 1.54) is 5.56 Å². The van der Waals surface area contributed by atoms with E-state index < -0.39 is 11.6 Å². The SMILES string of the molecule is Cc1ccc(OC2(C(=O)O)CCOCC2)cc1C. The normalized spacial score (nSPS) is 18.3. The second kappa shape index (κ2) is 4.98. The van der Waals surface area contributed by atoms with Crippen LogP contribution >= 0.6 is 0 Å². The minimum atomic E-state index is -1.14. The van der Waals surface area contributed by atoms with Gasteiger partial charge in [-0.05, 0) is 37.1 Å². The van der Waals surface area contributed by atoms with Crippen molar-refractivity contribution in [3.05, 3.63) is 29.3 Å². The molecule has 0 atom stereocenters. The summed E-state index contributed by atoms with van der Waals surface area (Å²) < 4.78 is 11.0. The Morgan fingerprint density at radius 1 is 1.28 bits per heavy atom. The Bertz CT molecular complexity index is 447. The Hall–Kier alpha value is -1.55. The zero-order chi connectivity index (χ0) is 13.2. The van der Waals surface area contributed by atoms with Crippen LogP contribution in [0.1, 0.15) is 24.0 Å². The Balaban J connectivity index is 2.23. The van der Waals surface area contributed by atoms with E-state index in [1.807, 2.05) is 32.0 Å². The van der Waals surface area contributed by atoms with Gasteiger partial charge in [0.1, 0.15) is 5.75 Å². The van der Waals surface area contributed by atoms with Gasteiger partial charge in [-0.3, -0.25) is 0 Å². The number of rotatable bonds is 3. The predicted octanol–water partition coefficient (Wildman–Crippen LogP) is 2.32. The number of hydrogen-bond donors (Lipinski definition) is 1. The quantitative estimate of drug-likeness (QED) is 0.894. The average Bonchev–Trinajstić information content (AvgIpc) is 2.35. The van der Waals surface area contributed by atoms with Crippen molar-refractivity contribution in [3.8, 4) is 5.75 Å². The molecular weight excluding hydrogens is 232 g/mol. The molecule has 1 aliphatic rings. The van der Waals surface area contributed by atoms with E-state index in [4.69, 9.17) is 9.47 Å². The number of carboxylic acids is 1. The van der Waals surface area contributed by atoms with Crippen LogP contribution in [0.15, 0.2) is 18.2 Å². The van der Waals surface area contributed by atoms with Crippen molar-refractivity contribution in [1.29, 1.82) is 0 Å². The van der Waals surface area contributed by atoms with Gasteiger partial charge in [0, 0.05) is 12.8 Å². The zero-order valence-corrected chi connectivity index (χ0v) is 10.7. The van der Waals surface area contributed by atoms with Gasteiger partial charge in [0.25, 0.3) is 0 Å². The van der Waals surface area contributed by atoms with Crippen LogP contribution in [0.4, 0.5) is 0 Å². The molecule has 4 heteroatoms. The molecule has 18 heavy (non-hydrogen) atoms. The van der Waals surface area contributed by atoms with Crippen LogP contribution in [0.3, 0.4) is 0 Å². The van der Waals surface area contributed by atoms with E-state index in [0.717, 1.165) is 5.56 Å². The molecular formula is C14H18O4. The number of ether oxygens (including phenoxy) is 2. The highest BCUT2D eigenvalue weighted by Gasteiger charge is 2.42. The molecule has 1 saturated heterocycles. The first kappa shape index (κ1) is 12.9. The molecule has 0 bridgehead atoms. The first-order valence-corrected chi connectivity index (χ1v) is 6.11. The first-order chi connectivity index (χ1) is 8.53. The van der Waals surface area contributed by atoms with Gasteiger partial charge in [-0.25, -0.2) is 4.79 Å². The fourth-order valence-corrected chi connectivity index (χ4v) is 2.06. The third-order valence-electron chi connectivity index (χ3n) is 3.48. The third kappa shape index (κ3) is 2.48. The summed E-state index contributed by atoms with van der Waals surface area (Å²) in [6.07, 6.45) is 0.768. The van der Waals surface area contributed by atoms with E-state index in [2.05, 4.69) is 0 Å². The number of hydrogen-bond acceptors (Lipinski definition) is 3. The van der Waals surface area contributed by atoms with Crippen LogP contribution in [0.5, 0.6) is 5.75 Å². The van der Waals surface area contributed by atoms with Gasteiger partial charge in [0.05, 0.1) is 13.2 Å². The van der Waals surface area contributed by atoms with Crippen LogP contribution in [0, 0.1) is 13.8 Å². The van der Waals surface area contributed by atoms with Gasteiger partial charge in [0.15, 0.2) is 0 Å². The lowest BCUT2D eigenvalue weighted by Crippen LogP contribution is -2.49. The van der Waals surface area contributed by atoms with Gasteiger partial charge in [0.2, 0.25) is 5.60 Å². The number of carboxylic acid groups (broad SMARTS) is 1. The Labute approximate surface area is 107 Å². The third-order valence-corrected chi connectivity index (χ3v) is 3.48. The van der Waals surface area contributed by atoms with E-state index >= 15 is 0 Å². The highest BCUT2D eigenvalue weighted by molar-refractivity contribution is 5.78. The predicted molar refractivity (Wildman–Crippen MR) is 67.0 cm³/mol. The number of carbonyl (C=O) groups is 1. The van der Waals surface area contributed by atoms with E-state index in [9.17, 15) is 9.90 Å². The van der Waals surface area contributed by atoms with E-state index in [0.29, 0.717) is 31.8 Å². The molecule has 1 heterocycles. The van der Waals surface area contributed by atoms with Gasteiger partial charge >= 0.3 is 5.97 Å². The van der Waals surface area contributed by atoms with Crippen molar-refractivity contribution in [1.82, 2.24) is 0 Å². The Kier molecular flexibility index (Phi) is 3.57. The summed E-state index contributed by atoms with van der Waals surface area (Å²) in [6.45, 7) is 4.86.